The number of halogens is 1. The van der Waals surface area contributed by atoms with E-state index >= 15 is 0 Å². The van der Waals surface area contributed by atoms with E-state index in [1.165, 1.54) is 5.56 Å². The van der Waals surface area contributed by atoms with Crippen LogP contribution in [0.3, 0.4) is 0 Å². The molecule has 0 spiro atoms. The minimum Gasteiger partial charge on any atom is -0.351 e. The van der Waals surface area contributed by atoms with Gasteiger partial charge < -0.3 is 9.84 Å². The van der Waals surface area contributed by atoms with Crippen molar-refractivity contribution >= 4 is 51.5 Å². The molecule has 5 nitrogen and oxygen atoms in total. The Hall–Kier alpha value is -3.00. The van der Waals surface area contributed by atoms with Crippen molar-refractivity contribution in [2.75, 3.05) is 4.90 Å². The van der Waals surface area contributed by atoms with Crippen LogP contribution in [0.5, 0.6) is 0 Å². The average Bonchev–Trinajstić information content (AvgIpc) is 3.48. The van der Waals surface area contributed by atoms with Crippen LogP contribution in [0.4, 0.5) is 5.69 Å². The Kier molecular flexibility index (Phi) is 5.78. The highest BCUT2D eigenvalue weighted by molar-refractivity contribution is 7.80. The van der Waals surface area contributed by atoms with Crippen LogP contribution in [0.15, 0.2) is 70.2 Å². The third-order valence-electron chi connectivity index (χ3n) is 5.71. The van der Waals surface area contributed by atoms with E-state index in [1.54, 1.807) is 11.3 Å². The first-order chi connectivity index (χ1) is 15.9. The van der Waals surface area contributed by atoms with Gasteiger partial charge in [-0.15, -0.1) is 11.3 Å². The molecule has 0 bridgehead atoms. The normalized spacial score (nSPS) is 16.3. The van der Waals surface area contributed by atoms with Crippen molar-refractivity contribution < 1.29 is 4.52 Å². The molecule has 1 aliphatic heterocycles. The molecule has 0 aliphatic carbocycles. The lowest BCUT2D eigenvalue weighted by Gasteiger charge is -2.37. The van der Waals surface area contributed by atoms with Gasteiger partial charge in [0.15, 0.2) is 5.11 Å². The zero-order chi connectivity index (χ0) is 23.1. The monoisotopic (exact) mass is 492 g/mol. The molecule has 2 aromatic heterocycles. The second kappa shape index (κ2) is 8.74. The van der Waals surface area contributed by atoms with Gasteiger partial charge in [0, 0.05) is 16.4 Å². The number of rotatable bonds is 4. The van der Waals surface area contributed by atoms with Crippen LogP contribution in [-0.4, -0.2) is 15.3 Å². The summed E-state index contributed by atoms with van der Waals surface area (Å²) in [4.78, 5) is 7.67. The molecule has 0 radical (unpaired) electrons. The van der Waals surface area contributed by atoms with Gasteiger partial charge in [-0.05, 0) is 67.7 Å². The second-order valence-corrected chi connectivity index (χ2v) is 9.70. The molecular weight excluding hydrogens is 472 g/mol. The third kappa shape index (κ3) is 4.08. The molecule has 33 heavy (non-hydrogen) atoms. The van der Waals surface area contributed by atoms with E-state index in [2.05, 4.69) is 41.7 Å². The van der Waals surface area contributed by atoms with Gasteiger partial charge in [0.25, 0.3) is 5.89 Å². The average molecular weight is 493 g/mol. The summed E-state index contributed by atoms with van der Waals surface area (Å²) in [5.74, 6) is 1.03. The largest absolute Gasteiger partial charge is 0.351 e. The number of aryl methyl sites for hydroxylation is 2. The fraction of sp³-hybridized carbons (Fsp3) is 0.160. The lowest BCUT2D eigenvalue weighted by atomic mass is 9.94. The molecule has 8 heteroatoms. The molecule has 0 fully saturated rings. The fourth-order valence-electron chi connectivity index (χ4n) is 3.90. The van der Waals surface area contributed by atoms with Crippen molar-refractivity contribution in [2.24, 2.45) is 0 Å². The Morgan fingerprint density at radius 1 is 1.09 bits per heavy atom. The summed E-state index contributed by atoms with van der Waals surface area (Å²) in [6, 6.07) is 18.0. The van der Waals surface area contributed by atoms with E-state index in [0.29, 0.717) is 21.9 Å². The first kappa shape index (κ1) is 21.8. The number of benzene rings is 2. The van der Waals surface area contributed by atoms with E-state index < -0.39 is 0 Å². The van der Waals surface area contributed by atoms with Gasteiger partial charge in [-0.25, -0.2) is 0 Å². The summed E-state index contributed by atoms with van der Waals surface area (Å²) in [5.41, 5.74) is 5.92. The maximum atomic E-state index is 6.44. The molecule has 4 aromatic rings. The van der Waals surface area contributed by atoms with Crippen molar-refractivity contribution in [3.05, 3.63) is 93.3 Å². The maximum Gasteiger partial charge on any atom is 0.258 e. The smallest absolute Gasteiger partial charge is 0.258 e. The zero-order valence-electron chi connectivity index (χ0n) is 18.3. The van der Waals surface area contributed by atoms with Gasteiger partial charge in [0.05, 0.1) is 16.5 Å². The van der Waals surface area contributed by atoms with Crippen LogP contribution in [0.25, 0.3) is 16.3 Å². The van der Waals surface area contributed by atoms with Crippen molar-refractivity contribution in [1.29, 1.82) is 0 Å². The highest BCUT2D eigenvalue weighted by atomic mass is 35.5. The molecule has 0 saturated carbocycles. The van der Waals surface area contributed by atoms with Crippen LogP contribution in [0, 0.1) is 13.8 Å². The molecule has 1 unspecified atom stereocenters. The molecular formula is C25H21ClN4OS2. The first-order valence-electron chi connectivity index (χ1n) is 10.4. The quantitative estimate of drug-likeness (QED) is 0.311. The van der Waals surface area contributed by atoms with Crippen LogP contribution in [0.1, 0.15) is 35.5 Å². The summed E-state index contributed by atoms with van der Waals surface area (Å²) in [6.45, 7) is 6.07. The lowest BCUT2D eigenvalue weighted by Crippen LogP contribution is -2.46. The number of thiocarbonyl (C=S) groups is 1. The second-order valence-electron chi connectivity index (χ2n) is 7.96. The number of hydrogen-bond donors (Lipinski definition) is 1. The summed E-state index contributed by atoms with van der Waals surface area (Å²) in [6.07, 6.45) is 0. The van der Waals surface area contributed by atoms with E-state index in [4.69, 9.17) is 33.3 Å². The number of nitrogens with one attached hydrogen (secondary N) is 1. The molecule has 0 saturated heterocycles. The highest BCUT2D eigenvalue weighted by Crippen LogP contribution is 2.40. The summed E-state index contributed by atoms with van der Waals surface area (Å²) >= 11 is 13.8. The molecule has 2 aromatic carbocycles. The van der Waals surface area contributed by atoms with E-state index in [1.807, 2.05) is 54.5 Å². The van der Waals surface area contributed by atoms with Crippen LogP contribution in [-0.2, 0) is 0 Å². The summed E-state index contributed by atoms with van der Waals surface area (Å²) in [7, 11) is 0. The Labute approximate surface area is 206 Å². The molecule has 5 rings (SSSR count). The minimum absolute atomic E-state index is 0.230. The number of hydrogen-bond acceptors (Lipinski definition) is 5. The zero-order valence-corrected chi connectivity index (χ0v) is 20.7. The Bertz CT molecular complexity index is 1360. The number of aromatic nitrogens is 2. The minimum atomic E-state index is -0.230. The molecule has 1 atom stereocenters. The number of anilines is 1. The Balaban J connectivity index is 1.67. The fourth-order valence-corrected chi connectivity index (χ4v) is 5.08. The van der Waals surface area contributed by atoms with Gasteiger partial charge in [0.1, 0.15) is 0 Å². The SMILES string of the molecule is CC1=C(c2nc(-c3cccs3)no2)C(c2ccc(C)cc2)NC(=S)N1c1ccc(C)c(Cl)c1. The summed E-state index contributed by atoms with van der Waals surface area (Å²) < 4.78 is 5.79. The van der Waals surface area contributed by atoms with Crippen molar-refractivity contribution in [1.82, 2.24) is 15.5 Å². The van der Waals surface area contributed by atoms with E-state index in [-0.39, 0.29) is 6.04 Å². The lowest BCUT2D eigenvalue weighted by molar-refractivity contribution is 0.404. The van der Waals surface area contributed by atoms with Gasteiger partial charge in [-0.2, -0.15) is 4.98 Å². The molecule has 166 valence electrons. The maximum absolute atomic E-state index is 6.44. The van der Waals surface area contributed by atoms with Gasteiger partial charge in [0.2, 0.25) is 5.82 Å². The third-order valence-corrected chi connectivity index (χ3v) is 7.28. The Morgan fingerprint density at radius 3 is 2.58 bits per heavy atom. The molecule has 3 heterocycles. The first-order valence-corrected chi connectivity index (χ1v) is 12.1. The van der Waals surface area contributed by atoms with Gasteiger partial charge in [-0.3, -0.25) is 4.90 Å². The predicted octanol–water partition coefficient (Wildman–Crippen LogP) is 6.94. The Morgan fingerprint density at radius 2 is 1.88 bits per heavy atom. The standard InChI is InChI=1S/C25H21ClN4OS2/c1-14-6-9-17(10-7-14)22-21(24-28-23(29-31-24)20-5-4-12-33-20)16(3)30(25(32)27-22)18-11-8-15(2)19(26)13-18/h4-13,22H,1-3H3,(H,27,32). The highest BCUT2D eigenvalue weighted by Gasteiger charge is 2.35. The van der Waals surface area contributed by atoms with Gasteiger partial charge >= 0.3 is 0 Å². The van der Waals surface area contributed by atoms with Crippen LogP contribution >= 0.6 is 35.2 Å². The molecule has 1 N–H and O–H groups in total. The molecule has 1 aliphatic rings. The van der Waals surface area contributed by atoms with Crippen LogP contribution in [0.2, 0.25) is 5.02 Å². The topological polar surface area (TPSA) is 54.2 Å². The van der Waals surface area contributed by atoms with Crippen LogP contribution < -0.4 is 10.2 Å². The van der Waals surface area contributed by atoms with E-state index in [9.17, 15) is 0 Å². The van der Waals surface area contributed by atoms with Gasteiger partial charge in [-0.1, -0.05) is 58.7 Å². The predicted molar refractivity (Wildman–Crippen MR) is 139 cm³/mol. The number of nitrogens with zero attached hydrogens (tertiary/aromatic N) is 3. The summed E-state index contributed by atoms with van der Waals surface area (Å²) in [5, 5.41) is 11.0. The van der Waals surface area contributed by atoms with Crippen molar-refractivity contribution in [3.8, 4) is 10.7 Å². The number of thiophene rings is 1. The molecule has 0 amide bonds. The van der Waals surface area contributed by atoms with Crippen molar-refractivity contribution in [2.45, 2.75) is 26.8 Å². The number of allylic oxidation sites excluding steroid dienone is 1. The van der Waals surface area contributed by atoms with Crippen molar-refractivity contribution in [3.63, 3.8) is 0 Å². The van der Waals surface area contributed by atoms with E-state index in [0.717, 1.165) is 33.0 Å².